The van der Waals surface area contributed by atoms with Crippen LogP contribution in [-0.2, 0) is 18.0 Å². The number of imidazole rings is 1. The van der Waals surface area contributed by atoms with E-state index in [2.05, 4.69) is 10.3 Å². The van der Waals surface area contributed by atoms with Crippen molar-refractivity contribution in [3.8, 4) is 11.5 Å². The Bertz CT molecular complexity index is 1520. The van der Waals surface area contributed by atoms with E-state index in [1.165, 1.54) is 17.5 Å². The van der Waals surface area contributed by atoms with Crippen LogP contribution in [0.2, 0.25) is 0 Å². The Labute approximate surface area is 189 Å². The van der Waals surface area contributed by atoms with Gasteiger partial charge in [0, 0.05) is 18.8 Å². The van der Waals surface area contributed by atoms with Gasteiger partial charge in [-0.1, -0.05) is 0 Å². The van der Waals surface area contributed by atoms with Gasteiger partial charge in [-0.25, -0.2) is 9.78 Å². The summed E-state index contributed by atoms with van der Waals surface area (Å²) in [6.45, 7) is 1.74. The molecule has 0 unspecified atom stereocenters. The molecule has 0 spiro atoms. The predicted octanol–water partition coefficient (Wildman–Crippen LogP) is 3.85. The van der Waals surface area contributed by atoms with Gasteiger partial charge in [-0.3, -0.25) is 9.20 Å². The zero-order valence-electron chi connectivity index (χ0n) is 17.9. The van der Waals surface area contributed by atoms with E-state index in [0.717, 1.165) is 16.7 Å². The topological polar surface area (TPSA) is 96.1 Å². The lowest BCUT2D eigenvalue weighted by molar-refractivity contribution is -0.137. The third-order valence-electron chi connectivity index (χ3n) is 5.38. The monoisotopic (exact) mass is 474 g/mol. The highest BCUT2D eigenvalue weighted by atomic mass is 19.4. The third kappa shape index (κ3) is 3.38. The minimum atomic E-state index is -4.60. The number of aromatic nitrogens is 3. The van der Waals surface area contributed by atoms with Gasteiger partial charge in [0.2, 0.25) is 12.4 Å². The number of aryl methyl sites for hydroxylation is 1. The van der Waals surface area contributed by atoms with E-state index in [0.29, 0.717) is 17.2 Å². The molecule has 34 heavy (non-hydrogen) atoms. The number of carbonyl (C=O) groups excluding carboxylic acids is 1. The number of benzene rings is 2. The number of carbonyl (C=O) groups is 1. The van der Waals surface area contributed by atoms with Crippen LogP contribution in [0.25, 0.3) is 16.7 Å². The van der Waals surface area contributed by atoms with Gasteiger partial charge in [0.1, 0.15) is 0 Å². The first kappa shape index (κ1) is 21.6. The highest BCUT2D eigenvalue weighted by Crippen LogP contribution is 2.36. The van der Waals surface area contributed by atoms with Crippen molar-refractivity contribution in [3.63, 3.8) is 0 Å². The second-order valence-electron chi connectivity index (χ2n) is 7.45. The van der Waals surface area contributed by atoms with E-state index >= 15 is 0 Å². The summed E-state index contributed by atoms with van der Waals surface area (Å²) in [7, 11) is 1.34. The van der Waals surface area contributed by atoms with Crippen LogP contribution in [0.4, 0.5) is 24.7 Å². The van der Waals surface area contributed by atoms with Crippen molar-refractivity contribution in [1.29, 1.82) is 0 Å². The fourth-order valence-electron chi connectivity index (χ4n) is 3.78. The Balaban J connectivity index is 1.79. The largest absolute Gasteiger partial charge is 0.461 e. The standard InChI is InChI=1S/C22H17F3N4O5/c1-3-32-21(31)17-18(26-12-5-7-15-16(9-12)34-10-33-15)29-13-6-4-11(22(23,24)25)8-14(13)28(2)20(30)19(29)27-17/h4-9,26H,3,10H2,1-2H3. The van der Waals surface area contributed by atoms with Gasteiger partial charge in [-0.05, 0) is 37.3 Å². The lowest BCUT2D eigenvalue weighted by Gasteiger charge is -2.14. The van der Waals surface area contributed by atoms with Crippen LogP contribution in [-0.4, -0.2) is 33.3 Å². The molecule has 4 aromatic rings. The normalized spacial score (nSPS) is 13.0. The van der Waals surface area contributed by atoms with Crippen LogP contribution in [0.1, 0.15) is 23.0 Å². The first-order valence-electron chi connectivity index (χ1n) is 10.1. The SMILES string of the molecule is CCOC(=O)c1nc2c(=O)n(C)c3cc(C(F)(F)F)ccc3n2c1Nc1ccc2c(c1)OCO2. The van der Waals surface area contributed by atoms with E-state index in [1.54, 1.807) is 25.1 Å². The summed E-state index contributed by atoms with van der Waals surface area (Å²) in [6, 6.07) is 7.95. The van der Waals surface area contributed by atoms with E-state index in [9.17, 15) is 22.8 Å². The summed E-state index contributed by atoms with van der Waals surface area (Å²) >= 11 is 0. The number of alkyl halides is 3. The number of nitrogens with one attached hydrogen (secondary N) is 1. The second kappa shape index (κ2) is 7.68. The maximum atomic E-state index is 13.3. The summed E-state index contributed by atoms with van der Waals surface area (Å²) in [6.07, 6.45) is -4.60. The molecule has 0 bridgehead atoms. The van der Waals surface area contributed by atoms with Gasteiger partial charge in [0.15, 0.2) is 23.0 Å². The molecule has 0 atom stereocenters. The molecule has 0 radical (unpaired) electrons. The summed E-state index contributed by atoms with van der Waals surface area (Å²) in [5.41, 5.74) is -1.23. The third-order valence-corrected chi connectivity index (χ3v) is 5.38. The van der Waals surface area contributed by atoms with Crippen molar-refractivity contribution in [1.82, 2.24) is 14.0 Å². The van der Waals surface area contributed by atoms with Crippen molar-refractivity contribution >= 4 is 34.2 Å². The maximum absolute atomic E-state index is 13.3. The molecule has 1 aliphatic rings. The molecule has 1 aliphatic heterocycles. The Morgan fingerprint density at radius 2 is 1.91 bits per heavy atom. The Hall–Kier alpha value is -4.22. The van der Waals surface area contributed by atoms with E-state index in [-0.39, 0.29) is 41.6 Å². The van der Waals surface area contributed by atoms with Crippen LogP contribution in [0.3, 0.4) is 0 Å². The average Bonchev–Trinajstić information content (AvgIpc) is 3.41. The molecule has 0 fully saturated rings. The Morgan fingerprint density at radius 3 is 2.65 bits per heavy atom. The van der Waals surface area contributed by atoms with Crippen molar-refractivity contribution < 1.29 is 32.2 Å². The molecule has 176 valence electrons. The Kier molecular flexibility index (Phi) is 4.88. The van der Waals surface area contributed by atoms with Crippen molar-refractivity contribution in [2.75, 3.05) is 18.7 Å². The van der Waals surface area contributed by atoms with E-state index < -0.39 is 23.3 Å². The summed E-state index contributed by atoms with van der Waals surface area (Å²) in [4.78, 5) is 29.9. The molecule has 12 heteroatoms. The number of rotatable bonds is 4. The average molecular weight is 474 g/mol. The zero-order valence-corrected chi connectivity index (χ0v) is 17.9. The van der Waals surface area contributed by atoms with Crippen LogP contribution in [0.5, 0.6) is 11.5 Å². The molecule has 2 aromatic heterocycles. The minimum absolute atomic E-state index is 0.00821. The van der Waals surface area contributed by atoms with Gasteiger partial charge < -0.3 is 24.1 Å². The maximum Gasteiger partial charge on any atom is 0.416 e. The molecule has 0 saturated carbocycles. The highest BCUT2D eigenvalue weighted by Gasteiger charge is 2.32. The van der Waals surface area contributed by atoms with Crippen molar-refractivity contribution in [2.24, 2.45) is 7.05 Å². The van der Waals surface area contributed by atoms with E-state index in [4.69, 9.17) is 14.2 Å². The van der Waals surface area contributed by atoms with Crippen LogP contribution in [0, 0.1) is 0 Å². The molecule has 1 N–H and O–H groups in total. The second-order valence-corrected chi connectivity index (χ2v) is 7.45. The fourth-order valence-corrected chi connectivity index (χ4v) is 3.78. The summed E-state index contributed by atoms with van der Waals surface area (Å²) in [5.74, 6) is 0.270. The number of anilines is 2. The van der Waals surface area contributed by atoms with Crippen LogP contribution in [0.15, 0.2) is 41.2 Å². The van der Waals surface area contributed by atoms with Crippen LogP contribution < -0.4 is 20.3 Å². The first-order chi connectivity index (χ1) is 16.2. The van der Waals surface area contributed by atoms with Gasteiger partial charge in [-0.2, -0.15) is 13.2 Å². The molecular weight excluding hydrogens is 457 g/mol. The number of fused-ring (bicyclic) bond motifs is 4. The first-order valence-corrected chi connectivity index (χ1v) is 10.1. The van der Waals surface area contributed by atoms with Crippen molar-refractivity contribution in [2.45, 2.75) is 13.1 Å². The molecule has 2 aromatic carbocycles. The molecule has 0 amide bonds. The number of nitrogens with zero attached hydrogens (tertiary/aromatic N) is 3. The molecule has 5 rings (SSSR count). The van der Waals surface area contributed by atoms with Gasteiger partial charge in [0.05, 0.1) is 23.2 Å². The molecule has 0 saturated heterocycles. The van der Waals surface area contributed by atoms with E-state index in [1.807, 2.05) is 0 Å². The van der Waals surface area contributed by atoms with Gasteiger partial charge in [-0.15, -0.1) is 0 Å². The highest BCUT2D eigenvalue weighted by molar-refractivity contribution is 5.97. The fraction of sp³-hybridized carbons (Fsp3) is 0.227. The number of ether oxygens (including phenoxy) is 3. The molecule has 0 aliphatic carbocycles. The number of halogens is 3. The smallest absolute Gasteiger partial charge is 0.416 e. The summed E-state index contributed by atoms with van der Waals surface area (Å²) < 4.78 is 58.1. The lowest BCUT2D eigenvalue weighted by atomic mass is 10.2. The molecular formula is C22H17F3N4O5. The van der Waals surface area contributed by atoms with Gasteiger partial charge in [0.25, 0.3) is 5.56 Å². The minimum Gasteiger partial charge on any atom is -0.461 e. The Morgan fingerprint density at radius 1 is 1.15 bits per heavy atom. The van der Waals surface area contributed by atoms with Crippen LogP contribution >= 0.6 is 0 Å². The van der Waals surface area contributed by atoms with Crippen molar-refractivity contribution in [3.05, 3.63) is 58.0 Å². The number of esters is 1. The number of hydrogen-bond acceptors (Lipinski definition) is 7. The molecule has 9 nitrogen and oxygen atoms in total. The lowest BCUT2D eigenvalue weighted by Crippen LogP contribution is -2.21. The summed E-state index contributed by atoms with van der Waals surface area (Å²) in [5, 5.41) is 3.04. The predicted molar refractivity (Wildman–Crippen MR) is 115 cm³/mol. The van der Waals surface area contributed by atoms with Gasteiger partial charge >= 0.3 is 12.1 Å². The molecule has 3 heterocycles. The quantitative estimate of drug-likeness (QED) is 0.449. The number of hydrogen-bond donors (Lipinski definition) is 1. The zero-order chi connectivity index (χ0) is 24.2.